The van der Waals surface area contributed by atoms with Crippen molar-refractivity contribution in [2.75, 3.05) is 13.1 Å². The van der Waals surface area contributed by atoms with E-state index in [4.69, 9.17) is 0 Å². The minimum absolute atomic E-state index is 0.408. The molecular formula is C12H14N4O. The molecule has 1 aliphatic rings. The lowest BCUT2D eigenvalue weighted by Crippen LogP contribution is -2.33. The van der Waals surface area contributed by atoms with Crippen molar-refractivity contribution in [2.24, 2.45) is 0 Å². The van der Waals surface area contributed by atoms with Crippen molar-refractivity contribution in [3.63, 3.8) is 0 Å². The molecule has 3 heterocycles. The SMILES string of the molecule is O=CN1CCC(n2cnc3cccnc32)CC1. The number of carbonyl (C=O) groups excluding carboxylic acids is 1. The van der Waals surface area contributed by atoms with E-state index in [2.05, 4.69) is 14.5 Å². The molecule has 1 saturated heterocycles. The first kappa shape index (κ1) is 10.3. The Kier molecular flexibility index (Phi) is 2.51. The normalized spacial score (nSPS) is 17.5. The van der Waals surface area contributed by atoms with E-state index < -0.39 is 0 Å². The number of piperidine rings is 1. The van der Waals surface area contributed by atoms with Gasteiger partial charge in [0.15, 0.2) is 5.65 Å². The molecule has 0 radical (unpaired) electrons. The topological polar surface area (TPSA) is 51.0 Å². The lowest BCUT2D eigenvalue weighted by molar-refractivity contribution is -0.119. The molecule has 0 saturated carbocycles. The maximum atomic E-state index is 10.7. The summed E-state index contributed by atoms with van der Waals surface area (Å²) in [5.74, 6) is 0. The minimum Gasteiger partial charge on any atom is -0.345 e. The standard InChI is InChI=1S/C12H14N4O/c17-9-15-6-3-10(4-7-15)16-8-14-11-2-1-5-13-12(11)16/h1-2,5,8-10H,3-4,6-7H2. The van der Waals surface area contributed by atoms with Crippen molar-refractivity contribution >= 4 is 17.6 Å². The Morgan fingerprint density at radius 2 is 2.12 bits per heavy atom. The van der Waals surface area contributed by atoms with Crippen molar-refractivity contribution in [1.29, 1.82) is 0 Å². The average Bonchev–Trinajstić information content (AvgIpc) is 2.83. The zero-order valence-electron chi connectivity index (χ0n) is 9.49. The molecule has 5 heteroatoms. The van der Waals surface area contributed by atoms with Gasteiger partial charge in [0, 0.05) is 25.3 Å². The van der Waals surface area contributed by atoms with Crippen LogP contribution in [0.5, 0.6) is 0 Å². The fraction of sp³-hybridized carbons (Fsp3) is 0.417. The third kappa shape index (κ3) is 1.77. The molecule has 2 aromatic heterocycles. The van der Waals surface area contributed by atoms with E-state index >= 15 is 0 Å². The van der Waals surface area contributed by atoms with Gasteiger partial charge in [0.25, 0.3) is 0 Å². The summed E-state index contributed by atoms with van der Waals surface area (Å²) in [7, 11) is 0. The molecule has 0 N–H and O–H groups in total. The number of aromatic nitrogens is 3. The molecule has 1 fully saturated rings. The summed E-state index contributed by atoms with van der Waals surface area (Å²) in [6.07, 6.45) is 6.53. The molecule has 3 rings (SSSR count). The summed E-state index contributed by atoms with van der Waals surface area (Å²) < 4.78 is 2.14. The predicted octanol–water partition coefficient (Wildman–Crippen LogP) is 1.22. The maximum Gasteiger partial charge on any atom is 0.209 e. The van der Waals surface area contributed by atoms with Gasteiger partial charge in [-0.25, -0.2) is 9.97 Å². The van der Waals surface area contributed by atoms with Gasteiger partial charge in [-0.15, -0.1) is 0 Å². The number of nitrogens with zero attached hydrogens (tertiary/aromatic N) is 4. The summed E-state index contributed by atoms with van der Waals surface area (Å²) in [5.41, 5.74) is 1.88. The van der Waals surface area contributed by atoms with Crippen molar-refractivity contribution in [3.05, 3.63) is 24.7 Å². The summed E-state index contributed by atoms with van der Waals surface area (Å²) in [4.78, 5) is 21.2. The Morgan fingerprint density at radius 3 is 2.88 bits per heavy atom. The largest absolute Gasteiger partial charge is 0.345 e. The quantitative estimate of drug-likeness (QED) is 0.729. The Morgan fingerprint density at radius 1 is 1.29 bits per heavy atom. The molecule has 0 unspecified atom stereocenters. The molecule has 1 aliphatic heterocycles. The van der Waals surface area contributed by atoms with Crippen LogP contribution in [0.4, 0.5) is 0 Å². The molecule has 0 atom stereocenters. The van der Waals surface area contributed by atoms with Crippen LogP contribution in [0.2, 0.25) is 0 Å². The van der Waals surface area contributed by atoms with Crippen LogP contribution in [0.15, 0.2) is 24.7 Å². The van der Waals surface area contributed by atoms with Crippen molar-refractivity contribution in [2.45, 2.75) is 18.9 Å². The highest BCUT2D eigenvalue weighted by molar-refractivity contribution is 5.70. The van der Waals surface area contributed by atoms with Crippen molar-refractivity contribution in [3.8, 4) is 0 Å². The fourth-order valence-electron chi connectivity index (χ4n) is 2.40. The van der Waals surface area contributed by atoms with Gasteiger partial charge < -0.3 is 9.47 Å². The molecule has 0 aliphatic carbocycles. The third-order valence-electron chi connectivity index (χ3n) is 3.37. The molecule has 1 amide bonds. The van der Waals surface area contributed by atoms with Crippen molar-refractivity contribution < 1.29 is 4.79 Å². The zero-order valence-corrected chi connectivity index (χ0v) is 9.49. The molecule has 88 valence electrons. The van der Waals surface area contributed by atoms with Gasteiger partial charge in [0.2, 0.25) is 6.41 Å². The van der Waals surface area contributed by atoms with E-state index in [1.807, 2.05) is 23.4 Å². The van der Waals surface area contributed by atoms with Crippen LogP contribution in [0.25, 0.3) is 11.2 Å². The second kappa shape index (κ2) is 4.16. The van der Waals surface area contributed by atoms with Crippen molar-refractivity contribution in [1.82, 2.24) is 19.4 Å². The molecular weight excluding hydrogens is 216 g/mol. The third-order valence-corrected chi connectivity index (χ3v) is 3.37. The van der Waals surface area contributed by atoms with Crippen LogP contribution < -0.4 is 0 Å². The van der Waals surface area contributed by atoms with E-state index in [0.717, 1.165) is 43.5 Å². The Bertz CT molecular complexity index is 528. The first-order chi connectivity index (χ1) is 8.38. The number of fused-ring (bicyclic) bond motifs is 1. The number of imidazole rings is 1. The number of hydrogen-bond donors (Lipinski definition) is 0. The first-order valence-corrected chi connectivity index (χ1v) is 5.85. The highest BCUT2D eigenvalue weighted by Gasteiger charge is 2.20. The highest BCUT2D eigenvalue weighted by Crippen LogP contribution is 2.24. The number of pyridine rings is 1. The predicted molar refractivity (Wildman–Crippen MR) is 63.4 cm³/mol. The van der Waals surface area contributed by atoms with Gasteiger partial charge in [-0.2, -0.15) is 0 Å². The molecule has 0 aromatic carbocycles. The van der Waals surface area contributed by atoms with Gasteiger partial charge in [0.05, 0.1) is 6.33 Å². The zero-order chi connectivity index (χ0) is 11.7. The molecule has 2 aromatic rings. The Labute approximate surface area is 99.1 Å². The number of hydrogen-bond acceptors (Lipinski definition) is 3. The smallest absolute Gasteiger partial charge is 0.209 e. The van der Waals surface area contributed by atoms with Crippen LogP contribution in [-0.4, -0.2) is 38.9 Å². The van der Waals surface area contributed by atoms with E-state index in [-0.39, 0.29) is 0 Å². The van der Waals surface area contributed by atoms with Gasteiger partial charge in [-0.3, -0.25) is 4.79 Å². The number of carbonyl (C=O) groups is 1. The summed E-state index contributed by atoms with van der Waals surface area (Å²) in [5, 5.41) is 0. The van der Waals surface area contributed by atoms with E-state index in [1.54, 1.807) is 6.20 Å². The maximum absolute atomic E-state index is 10.7. The van der Waals surface area contributed by atoms with Crippen LogP contribution in [-0.2, 0) is 4.79 Å². The van der Waals surface area contributed by atoms with E-state index in [9.17, 15) is 4.79 Å². The van der Waals surface area contributed by atoms with Crippen LogP contribution in [0.1, 0.15) is 18.9 Å². The van der Waals surface area contributed by atoms with Gasteiger partial charge in [-0.1, -0.05) is 0 Å². The summed E-state index contributed by atoms with van der Waals surface area (Å²) in [6, 6.07) is 4.28. The lowest BCUT2D eigenvalue weighted by Gasteiger charge is -2.29. The molecule has 0 spiro atoms. The number of likely N-dealkylation sites (tertiary alicyclic amines) is 1. The highest BCUT2D eigenvalue weighted by atomic mass is 16.1. The second-order valence-electron chi connectivity index (χ2n) is 4.37. The van der Waals surface area contributed by atoms with Crippen LogP contribution >= 0.6 is 0 Å². The van der Waals surface area contributed by atoms with Crippen LogP contribution in [0, 0.1) is 0 Å². The van der Waals surface area contributed by atoms with E-state index in [0.29, 0.717) is 6.04 Å². The summed E-state index contributed by atoms with van der Waals surface area (Å²) in [6.45, 7) is 1.64. The molecule has 17 heavy (non-hydrogen) atoms. The van der Waals surface area contributed by atoms with E-state index in [1.165, 1.54) is 0 Å². The summed E-state index contributed by atoms with van der Waals surface area (Å²) >= 11 is 0. The first-order valence-electron chi connectivity index (χ1n) is 5.85. The molecule has 0 bridgehead atoms. The van der Waals surface area contributed by atoms with Gasteiger partial charge in [0.1, 0.15) is 5.52 Å². The monoisotopic (exact) mass is 230 g/mol. The number of amides is 1. The number of rotatable bonds is 2. The van der Waals surface area contributed by atoms with Crippen LogP contribution in [0.3, 0.4) is 0 Å². The molecule has 5 nitrogen and oxygen atoms in total. The van der Waals surface area contributed by atoms with Gasteiger partial charge in [-0.05, 0) is 25.0 Å². The lowest BCUT2D eigenvalue weighted by atomic mass is 10.1. The Hall–Kier alpha value is -1.91. The average molecular weight is 230 g/mol. The second-order valence-corrected chi connectivity index (χ2v) is 4.37. The Balaban J connectivity index is 1.87. The minimum atomic E-state index is 0.408. The van der Waals surface area contributed by atoms with Gasteiger partial charge >= 0.3 is 0 Å². The fourth-order valence-corrected chi connectivity index (χ4v) is 2.40.